The van der Waals surface area contributed by atoms with Gasteiger partial charge < -0.3 is 5.32 Å². The van der Waals surface area contributed by atoms with Crippen LogP contribution in [0.4, 0.5) is 10.1 Å². The number of carbonyl (C=O) groups is 1. The van der Waals surface area contributed by atoms with Crippen LogP contribution in [0.3, 0.4) is 0 Å². The Balaban J connectivity index is 2.03. The summed E-state index contributed by atoms with van der Waals surface area (Å²) in [4.78, 5) is 11.9. The van der Waals surface area contributed by atoms with Crippen molar-refractivity contribution in [2.24, 2.45) is 0 Å². The molecular formula is C19H19ClFNO. The van der Waals surface area contributed by atoms with E-state index in [1.54, 1.807) is 6.08 Å². The maximum absolute atomic E-state index is 13.6. The van der Waals surface area contributed by atoms with Gasteiger partial charge in [-0.15, -0.1) is 0 Å². The fourth-order valence-corrected chi connectivity index (χ4v) is 2.19. The fourth-order valence-electron chi connectivity index (χ4n) is 2.03. The van der Waals surface area contributed by atoms with E-state index >= 15 is 0 Å². The molecule has 2 aromatic carbocycles. The van der Waals surface area contributed by atoms with Crippen LogP contribution in [0.1, 0.15) is 31.9 Å². The van der Waals surface area contributed by atoms with Crippen LogP contribution in [0.5, 0.6) is 0 Å². The van der Waals surface area contributed by atoms with E-state index in [1.807, 2.05) is 24.3 Å². The van der Waals surface area contributed by atoms with Gasteiger partial charge in [0.2, 0.25) is 5.91 Å². The van der Waals surface area contributed by atoms with E-state index < -0.39 is 11.7 Å². The molecule has 0 spiro atoms. The van der Waals surface area contributed by atoms with Crippen LogP contribution in [0, 0.1) is 5.82 Å². The Hall–Kier alpha value is -2.13. The second-order valence-electron chi connectivity index (χ2n) is 6.32. The molecule has 0 heterocycles. The Morgan fingerprint density at radius 1 is 1.13 bits per heavy atom. The van der Waals surface area contributed by atoms with E-state index in [4.69, 9.17) is 11.6 Å². The maximum Gasteiger partial charge on any atom is 0.248 e. The van der Waals surface area contributed by atoms with Gasteiger partial charge in [0.1, 0.15) is 5.82 Å². The highest BCUT2D eigenvalue weighted by molar-refractivity contribution is 6.30. The van der Waals surface area contributed by atoms with E-state index in [0.717, 1.165) is 11.6 Å². The second kappa shape index (κ2) is 6.97. The summed E-state index contributed by atoms with van der Waals surface area (Å²) < 4.78 is 13.6. The lowest BCUT2D eigenvalue weighted by atomic mass is 9.87. The molecule has 2 rings (SSSR count). The molecule has 0 aliphatic heterocycles. The molecule has 1 N–H and O–H groups in total. The van der Waals surface area contributed by atoms with Crippen molar-refractivity contribution in [2.45, 2.75) is 26.2 Å². The van der Waals surface area contributed by atoms with Gasteiger partial charge in [-0.3, -0.25) is 4.79 Å². The van der Waals surface area contributed by atoms with E-state index in [-0.39, 0.29) is 16.1 Å². The van der Waals surface area contributed by atoms with Crippen LogP contribution >= 0.6 is 11.6 Å². The SMILES string of the molecule is CC(C)(C)c1ccc(/C=C/C(=O)Nc2ccc(Cl)cc2F)cc1. The van der Waals surface area contributed by atoms with Crippen LogP contribution in [0.25, 0.3) is 6.08 Å². The molecule has 23 heavy (non-hydrogen) atoms. The van der Waals surface area contributed by atoms with Crippen LogP contribution in [-0.4, -0.2) is 5.91 Å². The zero-order valence-electron chi connectivity index (χ0n) is 13.4. The van der Waals surface area contributed by atoms with Crippen LogP contribution in [-0.2, 0) is 10.2 Å². The van der Waals surface area contributed by atoms with Crippen molar-refractivity contribution in [1.82, 2.24) is 0 Å². The number of hydrogen-bond donors (Lipinski definition) is 1. The second-order valence-corrected chi connectivity index (χ2v) is 6.76. The van der Waals surface area contributed by atoms with Gasteiger partial charge in [0.15, 0.2) is 0 Å². The summed E-state index contributed by atoms with van der Waals surface area (Å²) in [6.07, 6.45) is 3.07. The lowest BCUT2D eigenvalue weighted by molar-refractivity contribution is -0.111. The fraction of sp³-hybridized carbons (Fsp3) is 0.211. The molecule has 0 saturated carbocycles. The first-order valence-electron chi connectivity index (χ1n) is 7.30. The van der Waals surface area contributed by atoms with Gasteiger partial charge in [-0.2, -0.15) is 0 Å². The number of benzene rings is 2. The lowest BCUT2D eigenvalue weighted by Crippen LogP contribution is -2.10. The first kappa shape index (κ1) is 17.2. The average molecular weight is 332 g/mol. The molecular weight excluding hydrogens is 313 g/mol. The van der Waals surface area contributed by atoms with Crippen molar-refractivity contribution in [2.75, 3.05) is 5.32 Å². The summed E-state index contributed by atoms with van der Waals surface area (Å²) in [5, 5.41) is 2.77. The number of anilines is 1. The number of rotatable bonds is 3. The smallest absolute Gasteiger partial charge is 0.248 e. The van der Waals surface area contributed by atoms with Crippen molar-refractivity contribution < 1.29 is 9.18 Å². The first-order valence-corrected chi connectivity index (χ1v) is 7.68. The van der Waals surface area contributed by atoms with Gasteiger partial charge in [-0.1, -0.05) is 56.6 Å². The Morgan fingerprint density at radius 2 is 1.78 bits per heavy atom. The van der Waals surface area contributed by atoms with Gasteiger partial charge in [-0.05, 0) is 40.8 Å². The number of carbonyl (C=O) groups excluding carboxylic acids is 1. The van der Waals surface area contributed by atoms with E-state index in [9.17, 15) is 9.18 Å². The highest BCUT2D eigenvalue weighted by Gasteiger charge is 2.12. The Labute approximate surface area is 141 Å². The summed E-state index contributed by atoms with van der Waals surface area (Å²) in [6, 6.07) is 12.1. The Bertz CT molecular complexity index is 730. The lowest BCUT2D eigenvalue weighted by Gasteiger charge is -2.18. The standard InChI is InChI=1S/C19H19ClFNO/c1-19(2,3)14-7-4-13(5-8-14)6-11-18(23)22-17-10-9-15(20)12-16(17)21/h4-12H,1-3H3,(H,22,23)/b11-6+. The van der Waals surface area contributed by atoms with Gasteiger partial charge in [0.05, 0.1) is 5.69 Å². The summed E-state index contributed by atoms with van der Waals surface area (Å²) >= 11 is 5.67. The Morgan fingerprint density at radius 3 is 2.35 bits per heavy atom. The first-order chi connectivity index (χ1) is 10.8. The van der Waals surface area contributed by atoms with Crippen LogP contribution in [0.15, 0.2) is 48.5 Å². The molecule has 1 amide bonds. The van der Waals surface area contributed by atoms with Crippen molar-refractivity contribution in [3.05, 3.63) is 70.5 Å². The molecule has 2 aromatic rings. The average Bonchev–Trinajstić information content (AvgIpc) is 2.47. The minimum absolute atomic E-state index is 0.0890. The molecule has 0 atom stereocenters. The van der Waals surface area contributed by atoms with Crippen LogP contribution < -0.4 is 5.32 Å². The molecule has 0 fully saturated rings. The van der Waals surface area contributed by atoms with Gasteiger partial charge in [-0.25, -0.2) is 4.39 Å². The number of halogens is 2. The molecule has 2 nitrogen and oxygen atoms in total. The van der Waals surface area contributed by atoms with Crippen LogP contribution in [0.2, 0.25) is 5.02 Å². The number of amides is 1. The molecule has 0 aromatic heterocycles. The van der Waals surface area contributed by atoms with E-state index in [2.05, 4.69) is 26.1 Å². The van der Waals surface area contributed by atoms with Gasteiger partial charge in [0.25, 0.3) is 0 Å². The van der Waals surface area contributed by atoms with Gasteiger partial charge in [0, 0.05) is 11.1 Å². The van der Waals surface area contributed by atoms with Crippen molar-refractivity contribution >= 4 is 29.3 Å². The minimum Gasteiger partial charge on any atom is -0.320 e. The number of nitrogens with one attached hydrogen (secondary N) is 1. The summed E-state index contributed by atoms with van der Waals surface area (Å²) in [5.41, 5.74) is 2.32. The third-order valence-corrected chi connectivity index (χ3v) is 3.63. The highest BCUT2D eigenvalue weighted by Crippen LogP contribution is 2.22. The molecule has 0 aliphatic carbocycles. The quantitative estimate of drug-likeness (QED) is 0.747. The zero-order valence-corrected chi connectivity index (χ0v) is 14.1. The normalized spacial score (nSPS) is 11.7. The summed E-state index contributed by atoms with van der Waals surface area (Å²) in [7, 11) is 0. The molecule has 0 unspecified atom stereocenters. The van der Waals surface area contributed by atoms with Crippen molar-refractivity contribution in [3.63, 3.8) is 0 Å². The molecule has 0 aliphatic rings. The molecule has 0 radical (unpaired) electrons. The Kier molecular flexibility index (Phi) is 5.22. The van der Waals surface area contributed by atoms with E-state index in [0.29, 0.717) is 0 Å². The molecule has 0 saturated heterocycles. The molecule has 120 valence electrons. The predicted octanol–water partition coefficient (Wildman–Crippen LogP) is 5.43. The van der Waals surface area contributed by atoms with E-state index in [1.165, 1.54) is 23.8 Å². The highest BCUT2D eigenvalue weighted by atomic mass is 35.5. The minimum atomic E-state index is -0.561. The molecule has 4 heteroatoms. The van der Waals surface area contributed by atoms with Gasteiger partial charge >= 0.3 is 0 Å². The largest absolute Gasteiger partial charge is 0.320 e. The molecule has 0 bridgehead atoms. The topological polar surface area (TPSA) is 29.1 Å². The maximum atomic E-state index is 13.6. The number of hydrogen-bond acceptors (Lipinski definition) is 1. The third kappa shape index (κ3) is 4.93. The third-order valence-electron chi connectivity index (χ3n) is 3.39. The van der Waals surface area contributed by atoms with Crippen molar-refractivity contribution in [1.29, 1.82) is 0 Å². The summed E-state index contributed by atoms with van der Waals surface area (Å²) in [5.74, 6) is -0.958. The monoisotopic (exact) mass is 331 g/mol. The zero-order chi connectivity index (χ0) is 17.0. The summed E-state index contributed by atoms with van der Waals surface area (Å²) in [6.45, 7) is 6.43. The van der Waals surface area contributed by atoms with Crippen molar-refractivity contribution in [3.8, 4) is 0 Å². The predicted molar refractivity (Wildman–Crippen MR) is 94.2 cm³/mol.